The van der Waals surface area contributed by atoms with Gasteiger partial charge in [0, 0.05) is 6.42 Å². The van der Waals surface area contributed by atoms with E-state index in [1.807, 2.05) is 30.3 Å². The van der Waals surface area contributed by atoms with Gasteiger partial charge in [-0.25, -0.2) is 0 Å². The van der Waals surface area contributed by atoms with Crippen LogP contribution in [0, 0.1) is 0 Å². The first-order chi connectivity index (χ1) is 8.84. The maximum Gasteiger partial charge on any atom is 0.226 e. The maximum absolute atomic E-state index is 11.5. The average Bonchev–Trinajstić information content (AvgIpc) is 2.89. The molecule has 0 fully saturated rings. The molecule has 0 saturated heterocycles. The highest BCUT2D eigenvalue weighted by molar-refractivity contribution is 7.13. The number of carbonyl (C=O) groups is 1. The monoisotopic (exact) mass is 263 g/mol. The number of aromatic nitrogens is 2. The fraction of sp³-hybridized carbons (Fsp3) is 0.250. The van der Waals surface area contributed by atoms with E-state index in [0.717, 1.165) is 5.75 Å². The van der Waals surface area contributed by atoms with Gasteiger partial charge in [-0.1, -0.05) is 29.5 Å². The van der Waals surface area contributed by atoms with E-state index in [1.165, 1.54) is 11.3 Å². The van der Waals surface area contributed by atoms with E-state index in [-0.39, 0.29) is 5.91 Å². The van der Waals surface area contributed by atoms with Crippen LogP contribution in [0.15, 0.2) is 35.8 Å². The summed E-state index contributed by atoms with van der Waals surface area (Å²) < 4.78 is 5.49. The molecule has 0 unspecified atom stereocenters. The first kappa shape index (κ1) is 12.5. The number of para-hydroxylation sites is 1. The highest BCUT2D eigenvalue weighted by Gasteiger charge is 2.04. The van der Waals surface area contributed by atoms with Gasteiger partial charge in [0.25, 0.3) is 0 Å². The van der Waals surface area contributed by atoms with E-state index < -0.39 is 0 Å². The van der Waals surface area contributed by atoms with Crippen molar-refractivity contribution in [2.24, 2.45) is 0 Å². The van der Waals surface area contributed by atoms with Crippen molar-refractivity contribution in [1.82, 2.24) is 10.2 Å². The van der Waals surface area contributed by atoms with Crippen LogP contribution in [-0.4, -0.2) is 22.7 Å². The minimum Gasteiger partial charge on any atom is -0.494 e. The van der Waals surface area contributed by atoms with E-state index in [0.29, 0.717) is 24.6 Å². The zero-order valence-electron chi connectivity index (χ0n) is 9.70. The SMILES string of the molecule is O=C(CCCOc1ccccc1)Nc1nncs1. The third-order valence-corrected chi connectivity index (χ3v) is 2.77. The summed E-state index contributed by atoms with van der Waals surface area (Å²) in [5.74, 6) is 0.755. The Morgan fingerprint density at radius 2 is 2.17 bits per heavy atom. The van der Waals surface area contributed by atoms with Crippen molar-refractivity contribution in [3.63, 3.8) is 0 Å². The van der Waals surface area contributed by atoms with Crippen molar-refractivity contribution in [2.45, 2.75) is 12.8 Å². The lowest BCUT2D eigenvalue weighted by atomic mass is 10.3. The molecule has 0 spiro atoms. The Bertz CT molecular complexity index is 473. The van der Waals surface area contributed by atoms with E-state index in [2.05, 4.69) is 15.5 Å². The predicted molar refractivity (Wildman–Crippen MR) is 69.7 cm³/mol. The van der Waals surface area contributed by atoms with Crippen molar-refractivity contribution in [2.75, 3.05) is 11.9 Å². The van der Waals surface area contributed by atoms with Gasteiger partial charge < -0.3 is 10.1 Å². The van der Waals surface area contributed by atoms with Crippen molar-refractivity contribution in [3.8, 4) is 5.75 Å². The molecule has 0 aliphatic heterocycles. The molecule has 94 valence electrons. The van der Waals surface area contributed by atoms with Crippen molar-refractivity contribution < 1.29 is 9.53 Å². The Labute approximate surface area is 109 Å². The van der Waals surface area contributed by atoms with E-state index in [1.54, 1.807) is 5.51 Å². The topological polar surface area (TPSA) is 64.1 Å². The molecule has 1 amide bonds. The average molecular weight is 263 g/mol. The molecule has 1 heterocycles. The van der Waals surface area contributed by atoms with Gasteiger partial charge in [-0.15, -0.1) is 10.2 Å². The summed E-state index contributed by atoms with van der Waals surface area (Å²) in [5.41, 5.74) is 1.58. The van der Waals surface area contributed by atoms with Gasteiger partial charge in [-0.2, -0.15) is 0 Å². The zero-order valence-corrected chi connectivity index (χ0v) is 10.5. The van der Waals surface area contributed by atoms with Gasteiger partial charge in [0.2, 0.25) is 11.0 Å². The normalized spacial score (nSPS) is 10.0. The van der Waals surface area contributed by atoms with Crippen LogP contribution in [0.25, 0.3) is 0 Å². The number of benzene rings is 1. The van der Waals surface area contributed by atoms with Gasteiger partial charge in [-0.3, -0.25) is 4.79 Å². The number of anilines is 1. The van der Waals surface area contributed by atoms with Gasteiger partial charge in [0.05, 0.1) is 6.61 Å². The third kappa shape index (κ3) is 4.14. The van der Waals surface area contributed by atoms with Crippen LogP contribution >= 0.6 is 11.3 Å². The molecule has 0 saturated carbocycles. The van der Waals surface area contributed by atoms with Crippen LogP contribution in [0.5, 0.6) is 5.75 Å². The number of hydrogen-bond donors (Lipinski definition) is 1. The summed E-state index contributed by atoms with van der Waals surface area (Å²) in [7, 11) is 0. The van der Waals surface area contributed by atoms with Crippen molar-refractivity contribution >= 4 is 22.4 Å². The standard InChI is InChI=1S/C12H13N3O2S/c16-11(14-12-15-13-9-18-12)7-4-8-17-10-5-2-1-3-6-10/h1-3,5-6,9H,4,7-8H2,(H,14,15,16). The summed E-state index contributed by atoms with van der Waals surface area (Å²) >= 11 is 1.30. The predicted octanol–water partition coefficient (Wildman–Crippen LogP) is 2.34. The molecule has 2 rings (SSSR count). The van der Waals surface area contributed by atoms with Crippen LogP contribution in [0.4, 0.5) is 5.13 Å². The zero-order chi connectivity index (χ0) is 12.6. The fourth-order valence-electron chi connectivity index (χ4n) is 1.35. The van der Waals surface area contributed by atoms with Crippen LogP contribution in [0.2, 0.25) is 0 Å². The molecule has 1 aromatic carbocycles. The molecule has 0 aliphatic carbocycles. The number of nitrogens with one attached hydrogen (secondary N) is 1. The summed E-state index contributed by atoms with van der Waals surface area (Å²) in [4.78, 5) is 11.5. The Balaban J connectivity index is 1.62. The molecular formula is C12H13N3O2S. The lowest BCUT2D eigenvalue weighted by Crippen LogP contribution is -2.12. The van der Waals surface area contributed by atoms with E-state index in [4.69, 9.17) is 4.74 Å². The minimum atomic E-state index is -0.0663. The maximum atomic E-state index is 11.5. The largest absolute Gasteiger partial charge is 0.494 e. The van der Waals surface area contributed by atoms with Gasteiger partial charge in [0.1, 0.15) is 11.3 Å². The smallest absolute Gasteiger partial charge is 0.226 e. The molecule has 0 bridgehead atoms. The molecule has 5 nitrogen and oxygen atoms in total. The molecule has 0 atom stereocenters. The number of carbonyl (C=O) groups excluding carboxylic acids is 1. The summed E-state index contributed by atoms with van der Waals surface area (Å²) in [6.45, 7) is 0.521. The minimum absolute atomic E-state index is 0.0663. The van der Waals surface area contributed by atoms with Crippen molar-refractivity contribution in [3.05, 3.63) is 35.8 Å². The molecule has 0 aliphatic rings. The molecule has 0 radical (unpaired) electrons. The number of ether oxygens (including phenoxy) is 1. The number of nitrogens with zero attached hydrogens (tertiary/aromatic N) is 2. The second kappa shape index (κ2) is 6.70. The first-order valence-electron chi connectivity index (χ1n) is 5.58. The van der Waals surface area contributed by atoms with E-state index >= 15 is 0 Å². The quantitative estimate of drug-likeness (QED) is 0.812. The molecular weight excluding hydrogens is 250 g/mol. The molecule has 1 N–H and O–H groups in total. The summed E-state index contributed by atoms with van der Waals surface area (Å²) in [6, 6.07) is 9.54. The van der Waals surface area contributed by atoms with Gasteiger partial charge in [0.15, 0.2) is 0 Å². The Morgan fingerprint density at radius 3 is 2.89 bits per heavy atom. The van der Waals surface area contributed by atoms with Crippen LogP contribution < -0.4 is 10.1 Å². The lowest BCUT2D eigenvalue weighted by molar-refractivity contribution is -0.116. The fourth-order valence-corrected chi connectivity index (χ4v) is 1.81. The molecule has 1 aromatic heterocycles. The highest BCUT2D eigenvalue weighted by atomic mass is 32.1. The first-order valence-corrected chi connectivity index (χ1v) is 6.46. The Kier molecular flexibility index (Phi) is 4.66. The number of hydrogen-bond acceptors (Lipinski definition) is 5. The Hall–Kier alpha value is -1.95. The summed E-state index contributed by atoms with van der Waals surface area (Å²) in [5, 5.41) is 10.6. The van der Waals surface area contributed by atoms with Crippen molar-refractivity contribution in [1.29, 1.82) is 0 Å². The second-order valence-electron chi connectivity index (χ2n) is 3.56. The van der Waals surface area contributed by atoms with Gasteiger partial charge >= 0.3 is 0 Å². The van der Waals surface area contributed by atoms with Crippen LogP contribution in [0.1, 0.15) is 12.8 Å². The number of rotatable bonds is 6. The Morgan fingerprint density at radius 1 is 1.33 bits per heavy atom. The summed E-state index contributed by atoms with van der Waals surface area (Å²) in [6.07, 6.45) is 1.08. The molecule has 6 heteroatoms. The third-order valence-electron chi connectivity index (χ3n) is 2.17. The number of amides is 1. The lowest BCUT2D eigenvalue weighted by Gasteiger charge is -2.05. The molecule has 2 aromatic rings. The van der Waals surface area contributed by atoms with Crippen LogP contribution in [0.3, 0.4) is 0 Å². The highest BCUT2D eigenvalue weighted by Crippen LogP contribution is 2.10. The van der Waals surface area contributed by atoms with E-state index in [9.17, 15) is 4.79 Å². The molecule has 18 heavy (non-hydrogen) atoms. The second-order valence-corrected chi connectivity index (χ2v) is 4.39. The van der Waals surface area contributed by atoms with Crippen LogP contribution in [-0.2, 0) is 4.79 Å². The van der Waals surface area contributed by atoms with Gasteiger partial charge in [-0.05, 0) is 18.6 Å².